The number of rotatable bonds is 6. The second kappa shape index (κ2) is 13.0. The number of hydrogen-bond acceptors (Lipinski definition) is 4. The van der Waals surface area contributed by atoms with Crippen LogP contribution >= 0.6 is 11.6 Å². The van der Waals surface area contributed by atoms with Crippen LogP contribution in [0.5, 0.6) is 0 Å². The van der Waals surface area contributed by atoms with Gasteiger partial charge in [0.25, 0.3) is 0 Å². The van der Waals surface area contributed by atoms with E-state index in [4.69, 9.17) is 11.6 Å². The Kier molecular flexibility index (Phi) is 11.0. The lowest BCUT2D eigenvalue weighted by atomic mass is 9.97. The highest BCUT2D eigenvalue weighted by molar-refractivity contribution is 6.30. The molecule has 1 aliphatic heterocycles. The van der Waals surface area contributed by atoms with E-state index in [0.717, 1.165) is 24.1 Å². The van der Waals surface area contributed by atoms with Crippen LogP contribution in [-0.4, -0.2) is 23.9 Å². The smallest absolute Gasteiger partial charge is 0.156 e. The van der Waals surface area contributed by atoms with Crippen LogP contribution in [0.15, 0.2) is 75.2 Å². The molecule has 0 saturated carbocycles. The molecule has 4 nitrogen and oxygen atoms in total. The van der Waals surface area contributed by atoms with Gasteiger partial charge in [-0.15, -0.1) is 0 Å². The second-order valence-electron chi connectivity index (χ2n) is 6.36. The van der Waals surface area contributed by atoms with Crippen LogP contribution in [0.3, 0.4) is 0 Å². The summed E-state index contributed by atoms with van der Waals surface area (Å²) in [5.74, 6) is -0.333. The number of allylic oxidation sites excluding steroid dienone is 5. The van der Waals surface area contributed by atoms with Gasteiger partial charge >= 0.3 is 0 Å². The third-order valence-electron chi connectivity index (χ3n) is 3.70. The van der Waals surface area contributed by atoms with Gasteiger partial charge in [-0.1, -0.05) is 57.4 Å². The molecule has 1 aliphatic carbocycles. The maximum atomic E-state index is 14.5. The van der Waals surface area contributed by atoms with E-state index in [1.54, 1.807) is 18.5 Å². The van der Waals surface area contributed by atoms with Crippen molar-refractivity contribution in [3.05, 3.63) is 70.2 Å². The fourth-order valence-electron chi connectivity index (χ4n) is 2.35. The maximum Gasteiger partial charge on any atom is 0.156 e. The molecule has 0 spiro atoms. The lowest BCUT2D eigenvalue weighted by Crippen LogP contribution is -2.26. The molecule has 6 heteroatoms. The van der Waals surface area contributed by atoms with Crippen molar-refractivity contribution in [1.29, 1.82) is 0 Å². The lowest BCUT2D eigenvalue weighted by Gasteiger charge is -2.19. The molecule has 0 aromatic heterocycles. The first-order chi connectivity index (χ1) is 13.5. The lowest BCUT2D eigenvalue weighted by molar-refractivity contribution is 0.405. The summed E-state index contributed by atoms with van der Waals surface area (Å²) >= 11 is 5.91. The normalized spacial score (nSPS) is 19.7. The van der Waals surface area contributed by atoms with Gasteiger partial charge in [0.1, 0.15) is 5.83 Å². The molecule has 0 bridgehead atoms. The summed E-state index contributed by atoms with van der Waals surface area (Å²) in [5.41, 5.74) is 2.40. The molecule has 0 radical (unpaired) electrons. The number of dihydropyridines is 1. The minimum Gasteiger partial charge on any atom is -0.504 e. The predicted octanol–water partition coefficient (Wildman–Crippen LogP) is 5.94. The second-order valence-corrected chi connectivity index (χ2v) is 6.82. The van der Waals surface area contributed by atoms with Crippen molar-refractivity contribution in [2.45, 2.75) is 47.0 Å². The summed E-state index contributed by atoms with van der Waals surface area (Å²) in [7, 11) is 0. The van der Waals surface area contributed by atoms with Crippen LogP contribution in [0, 0.1) is 0 Å². The van der Waals surface area contributed by atoms with E-state index in [-0.39, 0.29) is 18.1 Å². The van der Waals surface area contributed by atoms with E-state index in [1.165, 1.54) is 12.5 Å². The standard InChI is InChI=1S/C19H23ClFN3O.C3H8/c1-3-5-6-13-8-16(21)14(9-17(13)23-7-4-2)10-24-18-12-22-11-15(20)19(18)25;1-3-2/h4,6-9,12,22,24-25H,3,5,10-11H2,1-2H3;3H2,1-2H3/b7-4-,13-6+,23-17+;. The predicted molar refractivity (Wildman–Crippen MR) is 118 cm³/mol. The molecule has 2 aliphatic rings. The third-order valence-corrected chi connectivity index (χ3v) is 4.01. The zero-order valence-corrected chi connectivity index (χ0v) is 17.9. The minimum absolute atomic E-state index is 0.0208. The number of nitrogens with one attached hydrogen (secondary N) is 2. The number of hydrogen-bond donors (Lipinski definition) is 3. The van der Waals surface area contributed by atoms with Gasteiger partial charge < -0.3 is 15.7 Å². The fourth-order valence-corrected chi connectivity index (χ4v) is 2.53. The van der Waals surface area contributed by atoms with Crippen molar-refractivity contribution < 1.29 is 9.50 Å². The van der Waals surface area contributed by atoms with Gasteiger partial charge in [0.15, 0.2) is 5.76 Å². The van der Waals surface area contributed by atoms with E-state index in [9.17, 15) is 9.50 Å². The van der Waals surface area contributed by atoms with Crippen LogP contribution in [-0.2, 0) is 0 Å². The summed E-state index contributed by atoms with van der Waals surface area (Å²) in [6.45, 7) is 8.79. The van der Waals surface area contributed by atoms with Crippen LogP contribution in [0.4, 0.5) is 4.39 Å². The van der Waals surface area contributed by atoms with Crippen LogP contribution in [0.25, 0.3) is 0 Å². The van der Waals surface area contributed by atoms with Crippen molar-refractivity contribution in [3.63, 3.8) is 0 Å². The number of aliphatic hydroxyl groups excluding tert-OH is 1. The molecule has 0 aromatic rings. The minimum atomic E-state index is -0.312. The Labute approximate surface area is 173 Å². The molecule has 0 saturated heterocycles. The molecule has 0 fully saturated rings. The van der Waals surface area contributed by atoms with Crippen molar-refractivity contribution in [2.75, 3.05) is 13.1 Å². The fraction of sp³-hybridized carbons (Fsp3) is 0.409. The molecule has 2 rings (SSSR count). The zero-order valence-electron chi connectivity index (χ0n) is 17.1. The van der Waals surface area contributed by atoms with Crippen LogP contribution < -0.4 is 10.6 Å². The Morgan fingerprint density at radius 1 is 1.32 bits per heavy atom. The van der Waals surface area contributed by atoms with Crippen molar-refractivity contribution in [1.82, 2.24) is 10.6 Å². The van der Waals surface area contributed by atoms with Crippen molar-refractivity contribution >= 4 is 17.3 Å². The topological polar surface area (TPSA) is 56.7 Å². The summed E-state index contributed by atoms with van der Waals surface area (Å²) < 4.78 is 14.5. The number of halogens is 2. The summed E-state index contributed by atoms with van der Waals surface area (Å²) in [6.07, 6.45) is 13.5. The first-order valence-corrected chi connectivity index (χ1v) is 10.1. The van der Waals surface area contributed by atoms with Crippen molar-refractivity contribution in [3.8, 4) is 0 Å². The molecule has 0 amide bonds. The van der Waals surface area contributed by atoms with E-state index in [2.05, 4.69) is 36.4 Å². The number of unbranched alkanes of at least 4 members (excludes halogenated alkanes) is 1. The molecule has 28 heavy (non-hydrogen) atoms. The quantitative estimate of drug-likeness (QED) is 0.510. The van der Waals surface area contributed by atoms with Gasteiger partial charge in [0.2, 0.25) is 0 Å². The molecule has 154 valence electrons. The molecule has 1 heterocycles. The monoisotopic (exact) mass is 407 g/mol. The zero-order chi connectivity index (χ0) is 20.9. The highest BCUT2D eigenvalue weighted by atomic mass is 35.5. The highest BCUT2D eigenvalue weighted by Gasteiger charge is 2.18. The third kappa shape index (κ3) is 7.39. The molecular weight excluding hydrogens is 377 g/mol. The number of nitrogens with zero attached hydrogens (tertiary/aromatic N) is 1. The summed E-state index contributed by atoms with van der Waals surface area (Å²) in [6, 6.07) is 0. The Bertz CT molecular complexity index is 743. The Morgan fingerprint density at radius 2 is 2.04 bits per heavy atom. The number of aliphatic hydroxyl groups is 1. The Balaban J connectivity index is 0.00000122. The van der Waals surface area contributed by atoms with E-state index >= 15 is 0 Å². The van der Waals surface area contributed by atoms with Gasteiger partial charge in [0, 0.05) is 24.5 Å². The van der Waals surface area contributed by atoms with Crippen molar-refractivity contribution in [2.24, 2.45) is 4.99 Å². The van der Waals surface area contributed by atoms with Crippen LogP contribution in [0.2, 0.25) is 0 Å². The first-order valence-electron chi connectivity index (χ1n) is 9.71. The van der Waals surface area contributed by atoms with E-state index in [1.807, 2.05) is 19.1 Å². The van der Waals surface area contributed by atoms with Crippen LogP contribution in [0.1, 0.15) is 47.0 Å². The average Bonchev–Trinajstić information content (AvgIpc) is 2.68. The average molecular weight is 408 g/mol. The SMILES string of the molecule is CCC.C\C=C/N=C1\C=C(CNC2=CNCC(Cl)=C2O)C(F)=C\C1=C/CCC. The van der Waals surface area contributed by atoms with Gasteiger partial charge in [0.05, 0.1) is 23.0 Å². The van der Waals surface area contributed by atoms with E-state index < -0.39 is 0 Å². The van der Waals surface area contributed by atoms with E-state index in [0.29, 0.717) is 22.8 Å². The molecule has 0 unspecified atom stereocenters. The summed E-state index contributed by atoms with van der Waals surface area (Å²) in [4.78, 5) is 4.39. The molecule has 0 aromatic carbocycles. The van der Waals surface area contributed by atoms with Gasteiger partial charge in [-0.2, -0.15) is 0 Å². The van der Waals surface area contributed by atoms with Gasteiger partial charge in [-0.3, -0.25) is 4.99 Å². The molecule has 0 atom stereocenters. The molecule has 3 N–H and O–H groups in total. The molecular formula is C22H31ClFN3O. The first kappa shape index (κ1) is 23.8. The van der Waals surface area contributed by atoms with Gasteiger partial charge in [-0.25, -0.2) is 4.39 Å². The van der Waals surface area contributed by atoms with Gasteiger partial charge in [-0.05, 0) is 31.1 Å². The Morgan fingerprint density at radius 3 is 2.68 bits per heavy atom. The number of aliphatic imine (C=N–C) groups is 1. The highest BCUT2D eigenvalue weighted by Crippen LogP contribution is 2.24. The largest absolute Gasteiger partial charge is 0.504 e. The Hall–Kier alpha value is -2.27. The summed E-state index contributed by atoms with van der Waals surface area (Å²) in [5, 5.41) is 16.2. The maximum absolute atomic E-state index is 14.5.